The van der Waals surface area contributed by atoms with Crippen LogP contribution >= 0.6 is 0 Å². The second kappa shape index (κ2) is 9.50. The third-order valence-electron chi connectivity index (χ3n) is 4.03. The minimum absolute atomic E-state index is 0.189. The molecule has 0 aromatic rings. The lowest BCUT2D eigenvalue weighted by Crippen LogP contribution is -2.54. The second-order valence-corrected chi connectivity index (χ2v) is 5.58. The first-order valence-electron chi connectivity index (χ1n) is 7.71. The van der Waals surface area contributed by atoms with E-state index in [0.29, 0.717) is 0 Å². The molecule has 0 aromatic carbocycles. The summed E-state index contributed by atoms with van der Waals surface area (Å²) in [5, 5.41) is 46.4. The van der Waals surface area contributed by atoms with Crippen LogP contribution in [0, 0.1) is 0 Å². The maximum atomic E-state index is 11.4. The van der Waals surface area contributed by atoms with Crippen LogP contribution in [0.3, 0.4) is 0 Å². The summed E-state index contributed by atoms with van der Waals surface area (Å²) >= 11 is 0. The van der Waals surface area contributed by atoms with Crippen molar-refractivity contribution >= 4 is 24.4 Å². The summed E-state index contributed by atoms with van der Waals surface area (Å²) in [4.78, 5) is 48.7. The predicted molar refractivity (Wildman–Crippen MR) is 84.4 cm³/mol. The van der Waals surface area contributed by atoms with Crippen molar-refractivity contribution in [2.45, 2.75) is 6.04 Å². The molecule has 26 heavy (non-hydrogen) atoms. The lowest BCUT2D eigenvalue weighted by Gasteiger charge is -2.35. The summed E-state index contributed by atoms with van der Waals surface area (Å²) < 4.78 is 0. The maximum Gasteiger partial charge on any atom is 0.407 e. The molecule has 1 aliphatic rings. The largest absolute Gasteiger partial charge is 0.465 e. The third kappa shape index (κ3) is 5.84. The Balaban J connectivity index is 3.10. The van der Waals surface area contributed by atoms with Gasteiger partial charge in [-0.2, -0.15) is 0 Å². The van der Waals surface area contributed by atoms with Crippen LogP contribution in [0.2, 0.25) is 0 Å². The highest BCUT2D eigenvalue weighted by atomic mass is 16.4. The molecule has 0 spiro atoms. The molecule has 1 atom stereocenters. The zero-order chi connectivity index (χ0) is 19.9. The maximum absolute atomic E-state index is 11.4. The summed E-state index contributed by atoms with van der Waals surface area (Å²) in [5.74, 6) is 0. The number of aliphatic hydroxyl groups is 1. The molecule has 0 bridgehead atoms. The number of hydrogen-bond donors (Lipinski definition) is 5. The SMILES string of the molecule is O=C(O)N1CCN(C(=O)O)CCN(C(=O)O)[C@@H](CO)CN(C(=O)O)CC1. The van der Waals surface area contributed by atoms with Crippen LogP contribution in [-0.2, 0) is 0 Å². The smallest absolute Gasteiger partial charge is 0.407 e. The Morgan fingerprint density at radius 1 is 0.654 bits per heavy atom. The molecule has 13 heteroatoms. The quantitative estimate of drug-likeness (QED) is 0.393. The Morgan fingerprint density at radius 2 is 1.04 bits per heavy atom. The van der Waals surface area contributed by atoms with E-state index in [1.54, 1.807) is 0 Å². The number of carbonyl (C=O) groups is 4. The minimum Gasteiger partial charge on any atom is -0.465 e. The van der Waals surface area contributed by atoms with Gasteiger partial charge in [-0.1, -0.05) is 0 Å². The molecule has 5 N–H and O–H groups in total. The fourth-order valence-electron chi connectivity index (χ4n) is 2.53. The molecule has 0 aliphatic carbocycles. The molecule has 148 valence electrons. The van der Waals surface area contributed by atoms with E-state index in [-0.39, 0.29) is 45.8 Å². The topological polar surface area (TPSA) is 182 Å². The van der Waals surface area contributed by atoms with Crippen LogP contribution < -0.4 is 0 Å². The van der Waals surface area contributed by atoms with Crippen LogP contribution in [0.4, 0.5) is 19.2 Å². The fraction of sp³-hybridized carbons (Fsp3) is 0.692. The number of aliphatic hydroxyl groups excluding tert-OH is 1. The molecule has 4 amide bonds. The van der Waals surface area contributed by atoms with Gasteiger partial charge in [0.05, 0.1) is 12.6 Å². The van der Waals surface area contributed by atoms with Gasteiger partial charge in [-0.15, -0.1) is 0 Å². The van der Waals surface area contributed by atoms with Gasteiger partial charge in [-0.3, -0.25) is 4.90 Å². The summed E-state index contributed by atoms with van der Waals surface area (Å²) in [5.41, 5.74) is 0. The highest BCUT2D eigenvalue weighted by molar-refractivity contribution is 5.68. The standard InChI is InChI=1S/C13H22N4O9/c18-8-9-7-16(12(23)24)4-3-14(10(19)20)1-2-15(11(21)22)5-6-17(9)13(25)26/h9,18H,1-8H2,(H,19,20)(H,21,22)(H,23,24)(H,25,26)/t9-/m1/s1. The Labute approximate surface area is 148 Å². The molecular formula is C13H22N4O9. The van der Waals surface area contributed by atoms with Gasteiger partial charge in [0.2, 0.25) is 0 Å². The van der Waals surface area contributed by atoms with Crippen LogP contribution in [0.25, 0.3) is 0 Å². The predicted octanol–water partition coefficient (Wildman–Crippen LogP) is -0.719. The van der Waals surface area contributed by atoms with E-state index in [1.807, 2.05) is 0 Å². The zero-order valence-electron chi connectivity index (χ0n) is 13.9. The third-order valence-corrected chi connectivity index (χ3v) is 4.03. The highest BCUT2D eigenvalue weighted by Crippen LogP contribution is 2.07. The van der Waals surface area contributed by atoms with Gasteiger partial charge in [0.25, 0.3) is 0 Å². The molecule has 0 saturated carbocycles. The number of carboxylic acid groups (broad SMARTS) is 4. The van der Waals surface area contributed by atoms with Crippen molar-refractivity contribution in [3.8, 4) is 0 Å². The van der Waals surface area contributed by atoms with Crippen LogP contribution in [-0.4, -0.2) is 128 Å². The van der Waals surface area contributed by atoms with E-state index in [2.05, 4.69) is 0 Å². The van der Waals surface area contributed by atoms with Gasteiger partial charge in [0, 0.05) is 45.8 Å². The van der Waals surface area contributed by atoms with E-state index in [1.165, 1.54) is 0 Å². The summed E-state index contributed by atoms with van der Waals surface area (Å²) in [7, 11) is 0. The summed E-state index contributed by atoms with van der Waals surface area (Å²) in [6, 6.07) is -1.11. The normalized spacial score (nSPS) is 20.1. The Kier molecular flexibility index (Phi) is 7.71. The van der Waals surface area contributed by atoms with Gasteiger partial charge in [-0.25, -0.2) is 19.2 Å². The van der Waals surface area contributed by atoms with Crippen LogP contribution in [0.1, 0.15) is 0 Å². The summed E-state index contributed by atoms with van der Waals surface area (Å²) in [6.07, 6.45) is -5.48. The number of amides is 4. The van der Waals surface area contributed by atoms with Crippen LogP contribution in [0.15, 0.2) is 0 Å². The zero-order valence-corrected chi connectivity index (χ0v) is 13.9. The van der Waals surface area contributed by atoms with Crippen molar-refractivity contribution in [3.63, 3.8) is 0 Å². The van der Waals surface area contributed by atoms with Gasteiger partial charge < -0.3 is 40.2 Å². The Hall–Kier alpha value is -2.96. The molecule has 1 heterocycles. The van der Waals surface area contributed by atoms with E-state index in [9.17, 15) is 44.7 Å². The monoisotopic (exact) mass is 378 g/mol. The first kappa shape index (κ1) is 21.1. The Bertz CT molecular complexity index is 544. The molecule has 0 radical (unpaired) electrons. The summed E-state index contributed by atoms with van der Waals surface area (Å²) in [6.45, 7) is -2.47. The number of hydrogen-bond acceptors (Lipinski definition) is 5. The van der Waals surface area contributed by atoms with Crippen LogP contribution in [0.5, 0.6) is 0 Å². The van der Waals surface area contributed by atoms with Crippen molar-refractivity contribution < 1.29 is 44.7 Å². The van der Waals surface area contributed by atoms with Crippen molar-refractivity contribution in [1.29, 1.82) is 0 Å². The van der Waals surface area contributed by atoms with Gasteiger partial charge in [0.15, 0.2) is 0 Å². The second-order valence-electron chi connectivity index (χ2n) is 5.58. The van der Waals surface area contributed by atoms with Gasteiger partial charge in [0.1, 0.15) is 0 Å². The molecule has 0 unspecified atom stereocenters. The van der Waals surface area contributed by atoms with Crippen molar-refractivity contribution in [1.82, 2.24) is 19.6 Å². The molecule has 1 saturated heterocycles. The first-order valence-corrected chi connectivity index (χ1v) is 7.71. The Morgan fingerprint density at radius 3 is 1.38 bits per heavy atom. The number of nitrogens with zero attached hydrogens (tertiary/aromatic N) is 4. The number of rotatable bonds is 1. The molecule has 1 fully saturated rings. The van der Waals surface area contributed by atoms with E-state index < -0.39 is 37.0 Å². The minimum atomic E-state index is -1.43. The van der Waals surface area contributed by atoms with E-state index in [4.69, 9.17) is 0 Å². The molecular weight excluding hydrogens is 356 g/mol. The van der Waals surface area contributed by atoms with Gasteiger partial charge in [-0.05, 0) is 0 Å². The molecule has 0 aromatic heterocycles. The molecule has 1 aliphatic heterocycles. The first-order chi connectivity index (χ1) is 12.2. The lowest BCUT2D eigenvalue weighted by molar-refractivity contribution is 0.0588. The fourth-order valence-corrected chi connectivity index (χ4v) is 2.53. The average molecular weight is 378 g/mol. The van der Waals surface area contributed by atoms with Gasteiger partial charge >= 0.3 is 24.4 Å². The van der Waals surface area contributed by atoms with Crippen molar-refractivity contribution in [2.75, 3.05) is 52.4 Å². The van der Waals surface area contributed by atoms with Crippen molar-refractivity contribution in [2.24, 2.45) is 0 Å². The van der Waals surface area contributed by atoms with Crippen molar-refractivity contribution in [3.05, 3.63) is 0 Å². The van der Waals surface area contributed by atoms with E-state index in [0.717, 1.165) is 19.6 Å². The average Bonchev–Trinajstić information content (AvgIpc) is 2.53. The van der Waals surface area contributed by atoms with E-state index >= 15 is 0 Å². The highest BCUT2D eigenvalue weighted by Gasteiger charge is 2.29. The lowest BCUT2D eigenvalue weighted by atomic mass is 10.2. The molecule has 1 rings (SSSR count). The molecule has 13 nitrogen and oxygen atoms in total.